The van der Waals surface area contributed by atoms with E-state index in [4.69, 9.17) is 4.74 Å². The maximum Gasteiger partial charge on any atom is 0.419 e. The van der Waals surface area contributed by atoms with Crippen LogP contribution in [-0.4, -0.2) is 64.6 Å². The average Bonchev–Trinajstić information content (AvgIpc) is 3.12. The number of likely N-dealkylation sites (N-methyl/N-ethyl adjacent to an activating group) is 1. The summed E-state index contributed by atoms with van der Waals surface area (Å²) in [6.45, 7) is 0.183. The number of benzene rings is 1. The monoisotopic (exact) mass is 447 g/mol. The molecule has 0 spiro atoms. The average molecular weight is 447 g/mol. The number of ether oxygens (including phenoxy) is 1. The van der Waals surface area contributed by atoms with Gasteiger partial charge in [-0.25, -0.2) is 9.67 Å². The van der Waals surface area contributed by atoms with Crippen molar-refractivity contribution < 1.29 is 22.7 Å². The molecule has 0 aliphatic carbocycles. The van der Waals surface area contributed by atoms with Gasteiger partial charge in [0.2, 0.25) is 5.91 Å². The number of nitrogens with zero attached hydrogens (tertiary/aromatic N) is 6. The molecule has 12 heteroatoms. The first-order valence-electron chi connectivity index (χ1n) is 9.47. The van der Waals surface area contributed by atoms with Gasteiger partial charge in [0.05, 0.1) is 23.3 Å². The predicted molar refractivity (Wildman–Crippen MR) is 109 cm³/mol. The first kappa shape index (κ1) is 23.0. The van der Waals surface area contributed by atoms with Crippen molar-refractivity contribution in [1.82, 2.24) is 30.2 Å². The van der Waals surface area contributed by atoms with Gasteiger partial charge in [0.15, 0.2) is 5.69 Å². The van der Waals surface area contributed by atoms with Gasteiger partial charge < -0.3 is 15.0 Å². The van der Waals surface area contributed by atoms with Crippen LogP contribution in [0, 0.1) is 11.3 Å². The number of nitrogens with one attached hydrogen (secondary N) is 1. The Balaban J connectivity index is 1.85. The Labute approximate surface area is 181 Å². The van der Waals surface area contributed by atoms with Gasteiger partial charge in [-0.1, -0.05) is 5.21 Å². The number of amides is 1. The minimum Gasteiger partial charge on any atom is -0.492 e. The Bertz CT molecular complexity index is 1180. The highest BCUT2D eigenvalue weighted by molar-refractivity contribution is 5.83. The number of carbonyl (C=O) groups is 1. The van der Waals surface area contributed by atoms with Crippen LogP contribution in [0.4, 0.5) is 13.2 Å². The van der Waals surface area contributed by atoms with Gasteiger partial charge in [-0.3, -0.25) is 4.79 Å². The lowest BCUT2D eigenvalue weighted by molar-refractivity contribution is -0.138. The molecule has 2 heterocycles. The van der Waals surface area contributed by atoms with Crippen LogP contribution in [0.2, 0.25) is 0 Å². The lowest BCUT2D eigenvalue weighted by Gasteiger charge is -2.16. The zero-order chi connectivity index (χ0) is 23.5. The molecular formula is C20H20F3N7O2. The van der Waals surface area contributed by atoms with Crippen molar-refractivity contribution in [2.75, 3.05) is 33.8 Å². The van der Waals surface area contributed by atoms with E-state index in [0.29, 0.717) is 5.52 Å². The van der Waals surface area contributed by atoms with Gasteiger partial charge >= 0.3 is 6.18 Å². The van der Waals surface area contributed by atoms with Gasteiger partial charge in [-0.15, -0.1) is 5.10 Å². The van der Waals surface area contributed by atoms with Crippen molar-refractivity contribution in [2.45, 2.75) is 6.18 Å². The van der Waals surface area contributed by atoms with Gasteiger partial charge in [-0.2, -0.15) is 18.4 Å². The summed E-state index contributed by atoms with van der Waals surface area (Å²) in [6.07, 6.45) is -4.67. The normalized spacial score (nSPS) is 11.4. The quantitative estimate of drug-likeness (QED) is 0.552. The molecule has 32 heavy (non-hydrogen) atoms. The third kappa shape index (κ3) is 4.94. The van der Waals surface area contributed by atoms with Crippen LogP contribution in [0.3, 0.4) is 0 Å². The number of hydrogen-bond donors (Lipinski definition) is 1. The fourth-order valence-corrected chi connectivity index (χ4v) is 2.88. The van der Waals surface area contributed by atoms with Crippen LogP contribution < -0.4 is 10.1 Å². The highest BCUT2D eigenvalue weighted by Gasteiger charge is 2.35. The molecule has 2 aromatic heterocycles. The van der Waals surface area contributed by atoms with Crippen molar-refractivity contribution in [1.29, 1.82) is 5.26 Å². The van der Waals surface area contributed by atoms with E-state index in [-0.39, 0.29) is 53.8 Å². The Morgan fingerprint density at radius 3 is 2.72 bits per heavy atom. The number of halogens is 3. The Morgan fingerprint density at radius 2 is 2.06 bits per heavy atom. The summed E-state index contributed by atoms with van der Waals surface area (Å²) < 4.78 is 47.8. The van der Waals surface area contributed by atoms with Gasteiger partial charge in [0.1, 0.15) is 23.9 Å². The summed E-state index contributed by atoms with van der Waals surface area (Å²) in [5.74, 6) is -0.499. The number of carbonyl (C=O) groups excluding carboxylic acids is 1. The summed E-state index contributed by atoms with van der Waals surface area (Å²) in [5, 5.41) is 19.8. The predicted octanol–water partition coefficient (Wildman–Crippen LogP) is 1.98. The molecule has 1 amide bonds. The molecule has 1 aromatic carbocycles. The van der Waals surface area contributed by atoms with E-state index in [1.807, 2.05) is 6.07 Å². The summed E-state index contributed by atoms with van der Waals surface area (Å²) in [4.78, 5) is 17.0. The molecule has 0 bridgehead atoms. The van der Waals surface area contributed by atoms with Crippen molar-refractivity contribution in [3.63, 3.8) is 0 Å². The second kappa shape index (κ2) is 9.19. The second-order valence-corrected chi connectivity index (χ2v) is 7.07. The van der Waals surface area contributed by atoms with Crippen LogP contribution in [0.25, 0.3) is 22.3 Å². The fraction of sp³-hybridized carbons (Fsp3) is 0.350. The van der Waals surface area contributed by atoms with E-state index in [0.717, 1.165) is 6.07 Å². The second-order valence-electron chi connectivity index (χ2n) is 7.07. The number of pyridine rings is 1. The molecule has 0 atom stereocenters. The standard InChI is InChI=1S/C20H20F3N7O2/c1-29(2)18(31)11-25-6-7-32-17-5-4-12(8-13(17)20(21,22)23)14-9-16-19(15(10-24)26-14)27-28-30(16)3/h4-5,8-9,25H,6-7,11H2,1-3H3. The molecular weight excluding hydrogens is 427 g/mol. The Kier molecular flexibility index (Phi) is 6.59. The number of nitriles is 1. The smallest absolute Gasteiger partial charge is 0.419 e. The number of hydrogen-bond acceptors (Lipinski definition) is 7. The fourth-order valence-electron chi connectivity index (χ4n) is 2.88. The zero-order valence-electron chi connectivity index (χ0n) is 17.6. The van der Waals surface area contributed by atoms with Crippen LogP contribution in [0.5, 0.6) is 5.75 Å². The van der Waals surface area contributed by atoms with Crippen molar-refractivity contribution in [3.8, 4) is 23.1 Å². The highest BCUT2D eigenvalue weighted by atomic mass is 19.4. The molecule has 0 saturated carbocycles. The molecule has 168 valence electrons. The third-order valence-corrected chi connectivity index (χ3v) is 4.60. The Morgan fingerprint density at radius 1 is 1.31 bits per heavy atom. The first-order valence-corrected chi connectivity index (χ1v) is 9.47. The van der Waals surface area contributed by atoms with Gasteiger partial charge in [0, 0.05) is 33.3 Å². The van der Waals surface area contributed by atoms with Gasteiger partial charge in [-0.05, 0) is 24.3 Å². The molecule has 0 unspecified atom stereocenters. The minimum absolute atomic E-state index is 0.0298. The maximum atomic E-state index is 13.7. The summed E-state index contributed by atoms with van der Waals surface area (Å²) in [7, 11) is 4.82. The van der Waals surface area contributed by atoms with Crippen LogP contribution in [-0.2, 0) is 18.0 Å². The molecule has 0 radical (unpaired) electrons. The molecule has 1 N–H and O–H groups in total. The van der Waals surface area contributed by atoms with E-state index < -0.39 is 11.7 Å². The number of aromatic nitrogens is 4. The zero-order valence-corrected chi connectivity index (χ0v) is 17.6. The molecule has 3 aromatic rings. The minimum atomic E-state index is -4.67. The van der Waals surface area contributed by atoms with Crippen molar-refractivity contribution in [3.05, 3.63) is 35.5 Å². The van der Waals surface area contributed by atoms with Crippen molar-refractivity contribution >= 4 is 16.9 Å². The molecule has 0 aliphatic heterocycles. The lowest BCUT2D eigenvalue weighted by Crippen LogP contribution is -2.34. The van der Waals surface area contributed by atoms with Crippen molar-refractivity contribution in [2.24, 2.45) is 7.05 Å². The lowest BCUT2D eigenvalue weighted by atomic mass is 10.1. The van der Waals surface area contributed by atoms with E-state index >= 15 is 0 Å². The third-order valence-electron chi connectivity index (χ3n) is 4.60. The molecule has 0 aliphatic rings. The summed E-state index contributed by atoms with van der Waals surface area (Å²) in [5.41, 5.74) is 0.0915. The number of fused-ring (bicyclic) bond motifs is 1. The molecule has 0 fully saturated rings. The molecule has 9 nitrogen and oxygen atoms in total. The van der Waals surface area contributed by atoms with E-state index in [1.54, 1.807) is 21.1 Å². The maximum absolute atomic E-state index is 13.7. The highest BCUT2D eigenvalue weighted by Crippen LogP contribution is 2.39. The topological polar surface area (TPSA) is 109 Å². The largest absolute Gasteiger partial charge is 0.492 e. The SMILES string of the molecule is CN(C)C(=O)CNCCOc1ccc(-c2cc3c(nnn3C)c(C#N)n2)cc1C(F)(F)F. The van der Waals surface area contributed by atoms with Crippen LogP contribution in [0.1, 0.15) is 11.3 Å². The van der Waals surface area contributed by atoms with E-state index in [1.165, 1.54) is 27.8 Å². The van der Waals surface area contributed by atoms with Crippen LogP contribution in [0.15, 0.2) is 24.3 Å². The number of aryl methyl sites for hydroxylation is 1. The summed E-state index contributed by atoms with van der Waals surface area (Å²) in [6, 6.07) is 7.00. The van der Waals surface area contributed by atoms with Crippen LogP contribution >= 0.6 is 0 Å². The van der Waals surface area contributed by atoms with Gasteiger partial charge in [0.25, 0.3) is 0 Å². The number of alkyl halides is 3. The van der Waals surface area contributed by atoms with E-state index in [2.05, 4.69) is 20.6 Å². The molecule has 0 saturated heterocycles. The molecule has 3 rings (SSSR count). The number of rotatable bonds is 7. The first-order chi connectivity index (χ1) is 15.1. The summed E-state index contributed by atoms with van der Waals surface area (Å²) >= 11 is 0. The van der Waals surface area contributed by atoms with E-state index in [9.17, 15) is 23.2 Å². The Hall–Kier alpha value is -3.72.